The number of anilines is 1. The van der Waals surface area contributed by atoms with Gasteiger partial charge in [0.1, 0.15) is 5.82 Å². The van der Waals surface area contributed by atoms with Crippen LogP contribution in [0.2, 0.25) is 0 Å². The van der Waals surface area contributed by atoms with Crippen molar-refractivity contribution in [2.45, 2.75) is 39.1 Å². The number of nitrogen functional groups attached to an aromatic ring is 1. The smallest absolute Gasteiger partial charge is 0.264 e. The van der Waals surface area contributed by atoms with Crippen LogP contribution in [0.5, 0.6) is 0 Å². The van der Waals surface area contributed by atoms with Crippen LogP contribution in [-0.4, -0.2) is 15.3 Å². The number of hydrogen-bond acceptors (Lipinski definition) is 4. The highest BCUT2D eigenvalue weighted by atomic mass is 16.1. The second-order valence-electron chi connectivity index (χ2n) is 5.84. The highest BCUT2D eigenvalue weighted by molar-refractivity contribution is 5.91. The number of allylic oxidation sites excluding steroid dienone is 1. The van der Waals surface area contributed by atoms with Crippen LogP contribution in [0.3, 0.4) is 0 Å². The minimum absolute atomic E-state index is 0.122. The Bertz CT molecular complexity index is 916. The van der Waals surface area contributed by atoms with Crippen molar-refractivity contribution >= 4 is 22.4 Å². The van der Waals surface area contributed by atoms with Gasteiger partial charge in [0.2, 0.25) is 0 Å². The molecule has 1 aromatic heterocycles. The lowest BCUT2D eigenvalue weighted by Gasteiger charge is -2.25. The van der Waals surface area contributed by atoms with Crippen LogP contribution in [-0.2, 0) is 4.79 Å². The summed E-state index contributed by atoms with van der Waals surface area (Å²) in [6.07, 6.45) is 0.893. The van der Waals surface area contributed by atoms with Crippen molar-refractivity contribution < 1.29 is 6.17 Å². The van der Waals surface area contributed by atoms with E-state index in [1.807, 2.05) is 6.92 Å². The molecule has 0 amide bonds. The Hall–Kier alpha value is -2.43. The Balaban J connectivity index is 2.33. The number of carbonyl (C=O) groups is 1. The first kappa shape index (κ1) is 13.2. The van der Waals surface area contributed by atoms with Crippen LogP contribution in [0.4, 0.5) is 5.69 Å². The molecule has 0 radical (unpaired) electrons. The highest BCUT2D eigenvalue weighted by Crippen LogP contribution is 2.29. The predicted octanol–water partition coefficient (Wildman–Crippen LogP) is 2.45. The van der Waals surface area contributed by atoms with Gasteiger partial charge in [-0.2, -0.15) is 0 Å². The van der Waals surface area contributed by atoms with Gasteiger partial charge in [-0.15, -0.1) is 0 Å². The molecule has 2 aromatic rings. The molecular weight excluding hydrogens is 278 g/mol. The molecule has 5 heteroatoms. The maximum atomic E-state index is 13.0. The van der Waals surface area contributed by atoms with E-state index in [2.05, 4.69) is 11.6 Å². The Morgan fingerprint density at radius 2 is 2.14 bits per heavy atom. The van der Waals surface area contributed by atoms with Gasteiger partial charge in [-0.1, -0.05) is 12.2 Å². The number of nitrogens with zero attached hydrogens (tertiary/aromatic N) is 2. The molecule has 1 atom stereocenters. The Morgan fingerprint density at radius 3 is 2.82 bits per heavy atom. The number of fused-ring (bicyclic) bond motifs is 1. The molecule has 1 heterocycles. The Kier molecular flexibility index (Phi) is 3.06. The monoisotopic (exact) mass is 298 g/mol. The summed E-state index contributed by atoms with van der Waals surface area (Å²) in [6, 6.07) is 1.85. The molecule has 0 bridgehead atoms. The van der Waals surface area contributed by atoms with Gasteiger partial charge in [-0.25, -0.2) is 4.98 Å². The van der Waals surface area contributed by atoms with E-state index in [0.717, 1.165) is 11.1 Å². The molecule has 114 valence electrons. The van der Waals surface area contributed by atoms with Crippen LogP contribution in [0.1, 0.15) is 38.0 Å². The highest BCUT2D eigenvalue weighted by Gasteiger charge is 2.28. The fourth-order valence-electron chi connectivity index (χ4n) is 3.01. The predicted molar refractivity (Wildman–Crippen MR) is 86.9 cm³/mol. The molecule has 0 spiro atoms. The molecule has 1 fully saturated rings. The van der Waals surface area contributed by atoms with Gasteiger partial charge >= 0.3 is 0 Å². The summed E-state index contributed by atoms with van der Waals surface area (Å²) < 4.78 is 9.81. The lowest BCUT2D eigenvalue weighted by Crippen LogP contribution is -2.34. The fraction of sp³-hybridized carbons (Fsp3) is 0.353. The first-order chi connectivity index (χ1) is 10.7. The molecule has 1 aromatic carbocycles. The number of ketones is 1. The zero-order valence-corrected chi connectivity index (χ0v) is 12.8. The topological polar surface area (TPSA) is 78.0 Å². The van der Waals surface area contributed by atoms with Gasteiger partial charge in [0, 0.05) is 12.1 Å². The van der Waals surface area contributed by atoms with E-state index < -0.39 is 11.6 Å². The summed E-state index contributed by atoms with van der Waals surface area (Å²) in [7, 11) is 0. The first-order valence-corrected chi connectivity index (χ1v) is 7.24. The third kappa shape index (κ3) is 2.22. The zero-order chi connectivity index (χ0) is 16.9. The van der Waals surface area contributed by atoms with E-state index in [9.17, 15) is 9.59 Å². The molecule has 2 N–H and O–H groups in total. The van der Waals surface area contributed by atoms with Gasteiger partial charge < -0.3 is 5.73 Å². The van der Waals surface area contributed by atoms with E-state index in [4.69, 9.17) is 7.10 Å². The Labute approximate surface area is 129 Å². The number of aryl methyl sites for hydroxylation is 2. The van der Waals surface area contributed by atoms with Crippen molar-refractivity contribution in [3.63, 3.8) is 0 Å². The third-order valence-corrected chi connectivity index (χ3v) is 4.03. The van der Waals surface area contributed by atoms with Crippen molar-refractivity contribution in [3.8, 4) is 0 Å². The molecule has 3 rings (SSSR count). The number of carbonyl (C=O) groups excluding carboxylic acids is 1. The van der Waals surface area contributed by atoms with Crippen molar-refractivity contribution in [3.05, 3.63) is 46.0 Å². The van der Waals surface area contributed by atoms with E-state index in [1.54, 1.807) is 19.1 Å². The average molecular weight is 298 g/mol. The molecule has 5 nitrogen and oxygen atoms in total. The van der Waals surface area contributed by atoms with Crippen molar-refractivity contribution in [1.29, 1.82) is 0 Å². The van der Waals surface area contributed by atoms with Crippen molar-refractivity contribution in [1.82, 2.24) is 9.55 Å². The molecule has 0 saturated heterocycles. The van der Waals surface area contributed by atoms with Gasteiger partial charge in [0.05, 0.1) is 18.3 Å². The number of nitrogens with two attached hydrogens (primary N) is 1. The maximum Gasteiger partial charge on any atom is 0.264 e. The SMILES string of the molecule is [2H]C1(n2c(C)nc3cc(C)cc(N)c3c2=O)CCC(=C)CC1=O. The van der Waals surface area contributed by atoms with E-state index in [1.165, 1.54) is 4.57 Å². The minimum Gasteiger partial charge on any atom is -0.398 e. The second-order valence-corrected chi connectivity index (χ2v) is 5.84. The Morgan fingerprint density at radius 1 is 1.41 bits per heavy atom. The van der Waals surface area contributed by atoms with E-state index in [0.29, 0.717) is 23.4 Å². The third-order valence-electron chi connectivity index (χ3n) is 4.03. The minimum atomic E-state index is -1.64. The second kappa shape index (κ2) is 5.09. The average Bonchev–Trinajstić information content (AvgIpc) is 2.42. The summed E-state index contributed by atoms with van der Waals surface area (Å²) in [6.45, 7) is 7.34. The van der Waals surface area contributed by atoms with Crippen LogP contribution in [0.15, 0.2) is 29.1 Å². The molecule has 0 aliphatic heterocycles. The number of benzene rings is 1. The fourth-order valence-corrected chi connectivity index (χ4v) is 3.01. The van der Waals surface area contributed by atoms with Gasteiger partial charge in [-0.05, 0) is 44.4 Å². The standard InChI is InChI=1S/C17H19N3O2/c1-9-4-5-14(15(21)8-9)20-11(3)19-13-7-10(2)6-12(18)16(13)17(20)22/h6-7,14H,1,4-5,8,18H2,2-3H3/i14D. The van der Waals surface area contributed by atoms with Gasteiger partial charge in [-0.3, -0.25) is 14.2 Å². The lowest BCUT2D eigenvalue weighted by atomic mass is 9.90. The molecule has 22 heavy (non-hydrogen) atoms. The summed E-state index contributed by atoms with van der Waals surface area (Å²) in [5.41, 5.74) is 8.09. The number of rotatable bonds is 1. The molecule has 1 saturated carbocycles. The molecule has 1 aliphatic rings. The van der Waals surface area contributed by atoms with Crippen LogP contribution in [0, 0.1) is 13.8 Å². The van der Waals surface area contributed by atoms with Gasteiger partial charge in [0.15, 0.2) is 5.78 Å². The summed E-state index contributed by atoms with van der Waals surface area (Å²) in [4.78, 5) is 29.8. The normalized spacial score (nSPS) is 22.9. The number of Topliss-reactive ketones (excluding diaryl/α,β-unsaturated/α-hetero) is 1. The lowest BCUT2D eigenvalue weighted by molar-refractivity contribution is -0.122. The molecule has 1 aliphatic carbocycles. The molecule has 1 unspecified atom stereocenters. The number of aromatic nitrogens is 2. The first-order valence-electron chi connectivity index (χ1n) is 7.74. The zero-order valence-electron chi connectivity index (χ0n) is 13.8. The van der Waals surface area contributed by atoms with Crippen molar-refractivity contribution in [2.24, 2.45) is 0 Å². The quantitative estimate of drug-likeness (QED) is 0.648. The van der Waals surface area contributed by atoms with Crippen LogP contribution >= 0.6 is 0 Å². The molecular formula is C17H19N3O2. The summed E-state index contributed by atoms with van der Waals surface area (Å²) in [5, 5.41) is 0.269. The van der Waals surface area contributed by atoms with E-state index in [-0.39, 0.29) is 24.0 Å². The van der Waals surface area contributed by atoms with Crippen LogP contribution in [0.25, 0.3) is 10.9 Å². The van der Waals surface area contributed by atoms with Crippen molar-refractivity contribution in [2.75, 3.05) is 5.73 Å². The van der Waals surface area contributed by atoms with E-state index >= 15 is 0 Å². The maximum absolute atomic E-state index is 13.0. The summed E-state index contributed by atoms with van der Waals surface area (Å²) in [5.74, 6) is 0.0224. The number of hydrogen-bond donors (Lipinski definition) is 1. The van der Waals surface area contributed by atoms with Gasteiger partial charge in [0.25, 0.3) is 5.56 Å². The largest absolute Gasteiger partial charge is 0.398 e. The van der Waals surface area contributed by atoms with Crippen LogP contribution < -0.4 is 11.3 Å². The summed E-state index contributed by atoms with van der Waals surface area (Å²) >= 11 is 0.